The second-order valence-corrected chi connectivity index (χ2v) is 4.56. The minimum atomic E-state index is -1.16. The van der Waals surface area contributed by atoms with Crippen molar-refractivity contribution in [2.45, 2.75) is 6.92 Å². The number of likely N-dealkylation sites (N-methyl/N-ethyl adjacent to an activating group) is 1. The quantitative estimate of drug-likeness (QED) is 0.811. The number of hydrogen-bond acceptors (Lipinski definition) is 4. The standard InChI is InChI=1S/C13H15ClN2O5/c1-3-21-11(17)7-16(2)13(20)15-10-5-8(12(18)19)4-9(14)6-10/h4-6H,3,7H2,1-2H3,(H,15,20)(H,18,19). The van der Waals surface area contributed by atoms with E-state index in [9.17, 15) is 14.4 Å². The summed E-state index contributed by atoms with van der Waals surface area (Å²) in [4.78, 5) is 35.1. The highest BCUT2D eigenvalue weighted by Crippen LogP contribution is 2.19. The van der Waals surface area contributed by atoms with Gasteiger partial charge in [0, 0.05) is 17.8 Å². The number of ether oxygens (including phenoxy) is 1. The van der Waals surface area contributed by atoms with Crippen LogP contribution in [-0.2, 0) is 9.53 Å². The van der Waals surface area contributed by atoms with Crippen molar-refractivity contribution in [3.63, 3.8) is 0 Å². The molecule has 0 heterocycles. The largest absolute Gasteiger partial charge is 0.478 e. The molecule has 1 aromatic carbocycles. The molecule has 0 aliphatic heterocycles. The zero-order valence-electron chi connectivity index (χ0n) is 11.6. The maximum atomic E-state index is 11.9. The Balaban J connectivity index is 2.74. The Labute approximate surface area is 126 Å². The van der Waals surface area contributed by atoms with Crippen molar-refractivity contribution in [3.05, 3.63) is 28.8 Å². The lowest BCUT2D eigenvalue weighted by Crippen LogP contribution is -2.36. The number of carboxylic acid groups (broad SMARTS) is 1. The molecule has 0 saturated heterocycles. The van der Waals surface area contributed by atoms with E-state index in [0.717, 1.165) is 4.90 Å². The van der Waals surface area contributed by atoms with E-state index in [1.54, 1.807) is 6.92 Å². The molecular formula is C13H15ClN2O5. The zero-order valence-corrected chi connectivity index (χ0v) is 12.3. The molecule has 2 amide bonds. The summed E-state index contributed by atoms with van der Waals surface area (Å²) < 4.78 is 4.72. The van der Waals surface area contributed by atoms with Gasteiger partial charge in [-0.3, -0.25) is 4.79 Å². The van der Waals surface area contributed by atoms with Gasteiger partial charge in [0.2, 0.25) is 0 Å². The van der Waals surface area contributed by atoms with E-state index < -0.39 is 18.0 Å². The number of rotatable bonds is 5. The molecular weight excluding hydrogens is 300 g/mol. The van der Waals surface area contributed by atoms with E-state index in [4.69, 9.17) is 21.4 Å². The lowest BCUT2D eigenvalue weighted by Gasteiger charge is -2.17. The van der Waals surface area contributed by atoms with Crippen LogP contribution in [0.4, 0.5) is 10.5 Å². The third-order valence-electron chi connectivity index (χ3n) is 2.41. The number of halogens is 1. The van der Waals surface area contributed by atoms with Crippen molar-refractivity contribution in [1.82, 2.24) is 4.90 Å². The number of aromatic carboxylic acids is 1. The first-order valence-electron chi connectivity index (χ1n) is 6.05. The van der Waals surface area contributed by atoms with E-state index >= 15 is 0 Å². The van der Waals surface area contributed by atoms with Crippen LogP contribution in [0.15, 0.2) is 18.2 Å². The molecule has 0 saturated carbocycles. The molecule has 0 unspecified atom stereocenters. The summed E-state index contributed by atoms with van der Waals surface area (Å²) in [6.45, 7) is 1.67. The second kappa shape index (κ2) is 7.49. The molecule has 0 aromatic heterocycles. The molecule has 0 atom stereocenters. The van der Waals surface area contributed by atoms with Gasteiger partial charge in [-0.2, -0.15) is 0 Å². The van der Waals surface area contributed by atoms with Crippen LogP contribution in [0.2, 0.25) is 5.02 Å². The number of hydrogen-bond donors (Lipinski definition) is 2. The second-order valence-electron chi connectivity index (χ2n) is 4.12. The summed E-state index contributed by atoms with van der Waals surface area (Å²) in [5.41, 5.74) is 0.173. The molecule has 8 heteroatoms. The predicted octanol–water partition coefficient (Wildman–Crippen LogP) is 2.07. The lowest BCUT2D eigenvalue weighted by molar-refractivity contribution is -0.143. The summed E-state index contributed by atoms with van der Waals surface area (Å²) in [6, 6.07) is 3.36. The molecule has 0 spiro atoms. The van der Waals surface area contributed by atoms with Crippen LogP contribution in [0, 0.1) is 0 Å². The molecule has 0 aliphatic carbocycles. The average molecular weight is 315 g/mol. The monoisotopic (exact) mass is 314 g/mol. The van der Waals surface area contributed by atoms with Crippen LogP contribution in [0.25, 0.3) is 0 Å². The Kier molecular flexibility index (Phi) is 5.98. The number of anilines is 1. The Morgan fingerprint density at radius 3 is 2.57 bits per heavy atom. The highest BCUT2D eigenvalue weighted by atomic mass is 35.5. The average Bonchev–Trinajstić information content (AvgIpc) is 2.37. The number of carboxylic acids is 1. The molecule has 7 nitrogen and oxygen atoms in total. The van der Waals surface area contributed by atoms with E-state index in [2.05, 4.69) is 5.32 Å². The molecule has 114 valence electrons. The normalized spacial score (nSPS) is 9.86. The van der Waals surface area contributed by atoms with E-state index in [-0.39, 0.29) is 29.4 Å². The minimum Gasteiger partial charge on any atom is -0.478 e. The Hall–Kier alpha value is -2.28. The molecule has 0 fully saturated rings. The number of carbonyl (C=O) groups is 3. The third-order valence-corrected chi connectivity index (χ3v) is 2.63. The van der Waals surface area contributed by atoms with Crippen molar-refractivity contribution < 1.29 is 24.2 Å². The number of benzene rings is 1. The van der Waals surface area contributed by atoms with Crippen LogP contribution in [0.3, 0.4) is 0 Å². The number of urea groups is 1. The topological polar surface area (TPSA) is 95.9 Å². The Bertz CT molecular complexity index is 561. The first kappa shape index (κ1) is 16.8. The summed E-state index contributed by atoms with van der Waals surface area (Å²) in [5.74, 6) is -1.69. The number of nitrogens with zero attached hydrogens (tertiary/aromatic N) is 1. The fraction of sp³-hybridized carbons (Fsp3) is 0.308. The third kappa shape index (κ3) is 5.31. The van der Waals surface area contributed by atoms with Crippen molar-refractivity contribution >= 4 is 35.3 Å². The van der Waals surface area contributed by atoms with Gasteiger partial charge in [0.05, 0.1) is 12.2 Å². The van der Waals surface area contributed by atoms with Gasteiger partial charge < -0.3 is 20.1 Å². The fourth-order valence-corrected chi connectivity index (χ4v) is 1.71. The van der Waals surface area contributed by atoms with E-state index in [1.807, 2.05) is 0 Å². The molecule has 2 N–H and O–H groups in total. The molecule has 0 bridgehead atoms. The smallest absolute Gasteiger partial charge is 0.335 e. The lowest BCUT2D eigenvalue weighted by atomic mass is 10.2. The van der Waals surface area contributed by atoms with Gasteiger partial charge in [0.15, 0.2) is 0 Å². The van der Waals surface area contributed by atoms with E-state index in [0.29, 0.717) is 0 Å². The molecule has 1 aromatic rings. The highest BCUT2D eigenvalue weighted by Gasteiger charge is 2.15. The first-order valence-corrected chi connectivity index (χ1v) is 6.43. The Morgan fingerprint density at radius 1 is 1.33 bits per heavy atom. The van der Waals surface area contributed by atoms with Crippen LogP contribution in [0.5, 0.6) is 0 Å². The number of carbonyl (C=O) groups excluding carboxylic acids is 2. The van der Waals surface area contributed by atoms with Gasteiger partial charge in [-0.15, -0.1) is 0 Å². The van der Waals surface area contributed by atoms with Crippen molar-refractivity contribution in [3.8, 4) is 0 Å². The van der Waals surface area contributed by atoms with E-state index in [1.165, 1.54) is 25.2 Å². The highest BCUT2D eigenvalue weighted by molar-refractivity contribution is 6.31. The molecule has 1 rings (SSSR count). The SMILES string of the molecule is CCOC(=O)CN(C)C(=O)Nc1cc(Cl)cc(C(=O)O)c1. The predicted molar refractivity (Wildman–Crippen MR) is 76.7 cm³/mol. The molecule has 21 heavy (non-hydrogen) atoms. The van der Waals surface area contributed by atoms with Gasteiger partial charge in [0.25, 0.3) is 0 Å². The van der Waals surface area contributed by atoms with Crippen molar-refractivity contribution in [2.24, 2.45) is 0 Å². The van der Waals surface area contributed by atoms with Gasteiger partial charge >= 0.3 is 18.0 Å². The fourth-order valence-electron chi connectivity index (χ4n) is 1.48. The van der Waals surface area contributed by atoms with Gasteiger partial charge in [-0.1, -0.05) is 11.6 Å². The summed E-state index contributed by atoms with van der Waals surface area (Å²) in [7, 11) is 1.41. The number of nitrogens with one attached hydrogen (secondary N) is 1. The van der Waals surface area contributed by atoms with Crippen LogP contribution in [-0.4, -0.2) is 48.2 Å². The van der Waals surface area contributed by atoms with Crippen LogP contribution >= 0.6 is 11.6 Å². The Morgan fingerprint density at radius 2 is 2.00 bits per heavy atom. The first-order chi connectivity index (χ1) is 9.83. The zero-order chi connectivity index (χ0) is 16.0. The van der Waals surface area contributed by atoms with Gasteiger partial charge in [-0.25, -0.2) is 9.59 Å². The number of esters is 1. The van der Waals surface area contributed by atoms with Crippen LogP contribution < -0.4 is 5.32 Å². The summed E-state index contributed by atoms with van der Waals surface area (Å²) in [5, 5.41) is 11.5. The van der Waals surface area contributed by atoms with Gasteiger partial charge in [-0.05, 0) is 25.1 Å². The van der Waals surface area contributed by atoms with Crippen LogP contribution in [0.1, 0.15) is 17.3 Å². The number of amides is 2. The molecule has 0 radical (unpaired) electrons. The summed E-state index contributed by atoms with van der Waals surface area (Å²) in [6.07, 6.45) is 0. The maximum absolute atomic E-state index is 11.9. The molecule has 0 aliphatic rings. The minimum absolute atomic E-state index is 0.0501. The summed E-state index contributed by atoms with van der Waals surface area (Å²) >= 11 is 5.78. The van der Waals surface area contributed by atoms with Crippen molar-refractivity contribution in [1.29, 1.82) is 0 Å². The van der Waals surface area contributed by atoms with Gasteiger partial charge in [0.1, 0.15) is 6.54 Å². The van der Waals surface area contributed by atoms with Crippen molar-refractivity contribution in [2.75, 3.05) is 25.5 Å². The maximum Gasteiger partial charge on any atom is 0.335 e.